The molecule has 0 fully saturated rings. The number of rotatable bonds is 2. The van der Waals surface area contributed by atoms with Gasteiger partial charge in [0.15, 0.2) is 0 Å². The van der Waals surface area contributed by atoms with E-state index in [4.69, 9.17) is 0 Å². The van der Waals surface area contributed by atoms with E-state index in [1.54, 1.807) is 12.3 Å². The fourth-order valence-electron chi connectivity index (χ4n) is 1.90. The number of aryl methyl sites for hydroxylation is 1. The molecule has 2 heterocycles. The minimum Gasteiger partial charge on any atom is -0.306 e. The van der Waals surface area contributed by atoms with E-state index in [0.29, 0.717) is 5.82 Å². The average molecular weight is 257 g/mol. The lowest BCUT2D eigenvalue weighted by molar-refractivity contribution is 0.102. The molecule has 1 aromatic carbocycles. The lowest BCUT2D eigenvalue weighted by Crippen LogP contribution is -2.11. The summed E-state index contributed by atoms with van der Waals surface area (Å²) >= 11 is 1.51. The number of nitrogens with one attached hydrogen (secondary N) is 2. The van der Waals surface area contributed by atoms with E-state index in [-0.39, 0.29) is 5.91 Å². The predicted octanol–water partition coefficient (Wildman–Crippen LogP) is 3.19. The lowest BCUT2D eigenvalue weighted by atomic mass is 10.1. The van der Waals surface area contributed by atoms with Crippen molar-refractivity contribution in [1.29, 1.82) is 0 Å². The molecule has 0 radical (unpaired) electrons. The molecule has 0 atom stereocenters. The molecule has 3 rings (SSSR count). The lowest BCUT2D eigenvalue weighted by Gasteiger charge is -2.00. The first-order valence-electron chi connectivity index (χ1n) is 5.54. The van der Waals surface area contributed by atoms with Crippen LogP contribution in [-0.2, 0) is 0 Å². The number of hydrogen-bond donors (Lipinski definition) is 2. The number of hydrogen-bond acceptors (Lipinski definition) is 3. The Morgan fingerprint density at radius 1 is 1.33 bits per heavy atom. The number of thiophene rings is 1. The van der Waals surface area contributed by atoms with Crippen LogP contribution in [-0.4, -0.2) is 16.1 Å². The number of benzene rings is 1. The summed E-state index contributed by atoms with van der Waals surface area (Å²) in [5.74, 6) is 0.509. The summed E-state index contributed by atoms with van der Waals surface area (Å²) in [7, 11) is 0. The normalized spacial score (nSPS) is 10.7. The van der Waals surface area contributed by atoms with Gasteiger partial charge in [-0.2, -0.15) is 5.10 Å². The van der Waals surface area contributed by atoms with E-state index < -0.39 is 0 Å². The molecule has 0 saturated carbocycles. The smallest absolute Gasteiger partial charge is 0.267 e. The van der Waals surface area contributed by atoms with Gasteiger partial charge in [0.05, 0.1) is 11.1 Å². The van der Waals surface area contributed by atoms with Crippen molar-refractivity contribution in [2.45, 2.75) is 6.92 Å². The number of carbonyl (C=O) groups is 1. The third-order valence-electron chi connectivity index (χ3n) is 2.80. The highest BCUT2D eigenvalue weighted by Crippen LogP contribution is 2.30. The third-order valence-corrected chi connectivity index (χ3v) is 4.07. The highest BCUT2D eigenvalue weighted by molar-refractivity contribution is 7.21. The average Bonchev–Trinajstić information content (AvgIpc) is 2.98. The largest absolute Gasteiger partial charge is 0.306 e. The number of carbonyl (C=O) groups excluding carboxylic acids is 1. The Morgan fingerprint density at radius 3 is 2.89 bits per heavy atom. The number of fused-ring (bicyclic) bond motifs is 1. The van der Waals surface area contributed by atoms with Crippen molar-refractivity contribution >= 4 is 33.1 Å². The van der Waals surface area contributed by atoms with Crippen LogP contribution in [0.2, 0.25) is 0 Å². The number of anilines is 1. The molecule has 4 nitrogen and oxygen atoms in total. The van der Waals surface area contributed by atoms with Crippen molar-refractivity contribution in [3.63, 3.8) is 0 Å². The van der Waals surface area contributed by atoms with Crippen molar-refractivity contribution in [2.75, 3.05) is 5.32 Å². The first-order valence-corrected chi connectivity index (χ1v) is 6.36. The second-order valence-electron chi connectivity index (χ2n) is 3.98. The Hall–Kier alpha value is -2.14. The molecule has 3 aromatic rings. The van der Waals surface area contributed by atoms with E-state index in [2.05, 4.69) is 15.5 Å². The maximum absolute atomic E-state index is 12.2. The van der Waals surface area contributed by atoms with E-state index in [0.717, 1.165) is 20.5 Å². The molecule has 0 spiro atoms. The number of aromatic nitrogens is 2. The molecule has 0 aliphatic heterocycles. The molecule has 2 aromatic heterocycles. The van der Waals surface area contributed by atoms with Gasteiger partial charge in [0, 0.05) is 10.8 Å². The van der Waals surface area contributed by atoms with Crippen LogP contribution in [0.25, 0.3) is 10.1 Å². The predicted molar refractivity (Wildman–Crippen MR) is 73.1 cm³/mol. The number of H-pyrrole nitrogens is 1. The fourth-order valence-corrected chi connectivity index (χ4v) is 3.00. The standard InChI is InChI=1S/C13H11N3OS/c1-8-9-4-2-3-5-10(9)18-12(8)13(17)15-11-6-7-14-16-11/h2-7H,1H3,(H2,14,15,16,17). The quantitative estimate of drug-likeness (QED) is 0.740. The molecule has 0 aliphatic carbocycles. The molecular weight excluding hydrogens is 246 g/mol. The zero-order valence-electron chi connectivity index (χ0n) is 9.73. The maximum atomic E-state index is 12.2. The second kappa shape index (κ2) is 4.27. The summed E-state index contributed by atoms with van der Waals surface area (Å²) < 4.78 is 1.13. The molecule has 0 bridgehead atoms. The van der Waals surface area contributed by atoms with Gasteiger partial charge in [-0.1, -0.05) is 18.2 Å². The SMILES string of the molecule is Cc1c(C(=O)Nc2ccn[nH]2)sc2ccccc12. The zero-order chi connectivity index (χ0) is 12.5. The topological polar surface area (TPSA) is 57.8 Å². The van der Waals surface area contributed by atoms with Crippen LogP contribution in [0.1, 0.15) is 15.2 Å². The van der Waals surface area contributed by atoms with E-state index in [1.165, 1.54) is 11.3 Å². The van der Waals surface area contributed by atoms with E-state index >= 15 is 0 Å². The van der Waals surface area contributed by atoms with Crippen molar-refractivity contribution in [3.8, 4) is 0 Å². The minimum absolute atomic E-state index is 0.0991. The molecular formula is C13H11N3OS. The molecule has 1 amide bonds. The van der Waals surface area contributed by atoms with Crippen LogP contribution in [0.4, 0.5) is 5.82 Å². The highest BCUT2D eigenvalue weighted by atomic mass is 32.1. The summed E-state index contributed by atoms with van der Waals surface area (Å²) in [6, 6.07) is 9.75. The number of nitrogens with zero attached hydrogens (tertiary/aromatic N) is 1. The maximum Gasteiger partial charge on any atom is 0.267 e. The van der Waals surface area contributed by atoms with Gasteiger partial charge in [0.1, 0.15) is 5.82 Å². The van der Waals surface area contributed by atoms with Crippen molar-refractivity contribution < 1.29 is 4.79 Å². The van der Waals surface area contributed by atoms with Crippen LogP contribution in [0, 0.1) is 6.92 Å². The molecule has 90 valence electrons. The van der Waals surface area contributed by atoms with Crippen LogP contribution < -0.4 is 5.32 Å². The van der Waals surface area contributed by atoms with Crippen LogP contribution >= 0.6 is 11.3 Å². The summed E-state index contributed by atoms with van der Waals surface area (Å²) in [6.45, 7) is 1.97. The third kappa shape index (κ3) is 1.78. The van der Waals surface area contributed by atoms with Crippen LogP contribution in [0.5, 0.6) is 0 Å². The first kappa shape index (κ1) is 11.0. The number of aromatic amines is 1. The molecule has 0 saturated heterocycles. The zero-order valence-corrected chi connectivity index (χ0v) is 10.5. The highest BCUT2D eigenvalue weighted by Gasteiger charge is 2.15. The van der Waals surface area contributed by atoms with Gasteiger partial charge < -0.3 is 5.32 Å². The Morgan fingerprint density at radius 2 is 2.17 bits per heavy atom. The Bertz CT molecular complexity index is 700. The van der Waals surface area contributed by atoms with Crippen LogP contribution in [0.15, 0.2) is 36.5 Å². The molecule has 0 aliphatic rings. The van der Waals surface area contributed by atoms with Gasteiger partial charge in [-0.15, -0.1) is 11.3 Å². The number of amides is 1. The monoisotopic (exact) mass is 257 g/mol. The van der Waals surface area contributed by atoms with Crippen molar-refractivity contribution in [1.82, 2.24) is 10.2 Å². The van der Waals surface area contributed by atoms with Crippen molar-refractivity contribution in [3.05, 3.63) is 47.0 Å². The minimum atomic E-state index is -0.0991. The Kier molecular flexibility index (Phi) is 2.60. The summed E-state index contributed by atoms with van der Waals surface area (Å²) in [4.78, 5) is 12.9. The van der Waals surface area contributed by atoms with E-state index in [9.17, 15) is 4.79 Å². The van der Waals surface area contributed by atoms with Gasteiger partial charge in [-0.05, 0) is 23.9 Å². The molecule has 5 heteroatoms. The molecule has 0 unspecified atom stereocenters. The van der Waals surface area contributed by atoms with Crippen molar-refractivity contribution in [2.24, 2.45) is 0 Å². The Balaban J connectivity index is 1.99. The summed E-state index contributed by atoms with van der Waals surface area (Å²) in [5, 5.41) is 10.4. The summed E-state index contributed by atoms with van der Waals surface area (Å²) in [5.41, 5.74) is 1.02. The molecule has 2 N–H and O–H groups in total. The van der Waals surface area contributed by atoms with Crippen LogP contribution in [0.3, 0.4) is 0 Å². The van der Waals surface area contributed by atoms with Gasteiger partial charge in [0.25, 0.3) is 5.91 Å². The van der Waals surface area contributed by atoms with Gasteiger partial charge in [0.2, 0.25) is 0 Å². The second-order valence-corrected chi connectivity index (χ2v) is 5.03. The Labute approximate surface area is 108 Å². The first-order chi connectivity index (χ1) is 8.75. The van der Waals surface area contributed by atoms with Gasteiger partial charge in [-0.3, -0.25) is 9.89 Å². The van der Waals surface area contributed by atoms with Gasteiger partial charge in [-0.25, -0.2) is 0 Å². The summed E-state index contributed by atoms with van der Waals surface area (Å²) in [6.07, 6.45) is 1.60. The molecule has 18 heavy (non-hydrogen) atoms. The van der Waals surface area contributed by atoms with E-state index in [1.807, 2.05) is 31.2 Å². The van der Waals surface area contributed by atoms with Gasteiger partial charge >= 0.3 is 0 Å². The fraction of sp³-hybridized carbons (Fsp3) is 0.0769.